The molecule has 0 fully saturated rings. The minimum Gasteiger partial charge on any atom is -0.290 e. The van der Waals surface area contributed by atoms with E-state index in [0.717, 1.165) is 22.4 Å². The highest BCUT2D eigenvalue weighted by Crippen LogP contribution is 2.19. The van der Waals surface area contributed by atoms with E-state index < -0.39 is 0 Å². The van der Waals surface area contributed by atoms with Crippen molar-refractivity contribution < 1.29 is 9.36 Å². The van der Waals surface area contributed by atoms with Crippen LogP contribution >= 0.6 is 0 Å². The molecule has 4 aromatic rings. The molecule has 3 heteroatoms. The van der Waals surface area contributed by atoms with Gasteiger partial charge in [0.25, 0.3) is 6.33 Å². The van der Waals surface area contributed by atoms with E-state index in [-0.39, 0.29) is 12.3 Å². The number of ketones is 1. The van der Waals surface area contributed by atoms with E-state index in [2.05, 4.69) is 17.1 Å². The van der Waals surface area contributed by atoms with E-state index in [4.69, 9.17) is 0 Å². The molecule has 0 spiro atoms. The summed E-state index contributed by atoms with van der Waals surface area (Å²) in [6, 6.07) is 29.8. The summed E-state index contributed by atoms with van der Waals surface area (Å²) < 4.78 is 1.81. The number of hydrogen-bond acceptors (Lipinski definition) is 2. The fourth-order valence-electron chi connectivity index (χ4n) is 2.99. The van der Waals surface area contributed by atoms with Crippen molar-refractivity contribution in [3.63, 3.8) is 0 Å². The van der Waals surface area contributed by atoms with Crippen molar-refractivity contribution in [2.45, 2.75) is 6.54 Å². The third-order valence-corrected chi connectivity index (χ3v) is 4.48. The van der Waals surface area contributed by atoms with Gasteiger partial charge in [-0.25, -0.2) is 4.57 Å². The Balaban J connectivity index is 1.46. The van der Waals surface area contributed by atoms with Crippen molar-refractivity contribution in [1.29, 1.82) is 0 Å². The Morgan fingerprint density at radius 2 is 1.30 bits per heavy atom. The van der Waals surface area contributed by atoms with Crippen LogP contribution in [0.4, 0.5) is 0 Å². The lowest BCUT2D eigenvalue weighted by Crippen LogP contribution is -2.37. The lowest BCUT2D eigenvalue weighted by molar-refractivity contribution is -0.686. The second kappa shape index (κ2) is 7.75. The van der Waals surface area contributed by atoms with Crippen LogP contribution in [0, 0.1) is 0 Å². The third kappa shape index (κ3) is 3.98. The molecule has 3 aromatic carbocycles. The van der Waals surface area contributed by atoms with Gasteiger partial charge < -0.3 is 0 Å². The SMILES string of the molecule is O=C(C[n+]1ccc(-c2ccccc2)nc1)c1ccc(-c2ccccc2)cc1. The molecule has 1 aromatic heterocycles. The van der Waals surface area contributed by atoms with Crippen LogP contribution < -0.4 is 4.57 Å². The Kier molecular flexibility index (Phi) is 4.84. The molecule has 0 amide bonds. The van der Waals surface area contributed by atoms with Crippen LogP contribution in [0.15, 0.2) is 104 Å². The van der Waals surface area contributed by atoms with Crippen LogP contribution in [0.3, 0.4) is 0 Å². The van der Waals surface area contributed by atoms with Gasteiger partial charge in [-0.05, 0) is 16.1 Å². The number of nitrogens with zero attached hydrogens (tertiary/aromatic N) is 2. The van der Waals surface area contributed by atoms with E-state index >= 15 is 0 Å². The summed E-state index contributed by atoms with van der Waals surface area (Å²) >= 11 is 0. The maximum atomic E-state index is 12.6. The van der Waals surface area contributed by atoms with E-state index in [9.17, 15) is 4.79 Å². The van der Waals surface area contributed by atoms with Crippen LogP contribution in [-0.4, -0.2) is 10.8 Å². The maximum Gasteiger partial charge on any atom is 0.287 e. The molecule has 0 saturated heterocycles. The minimum atomic E-state index is 0.0638. The number of carbonyl (C=O) groups is 1. The molecule has 0 aliphatic rings. The molecule has 0 unspecified atom stereocenters. The molecular formula is C24H19N2O+. The fourth-order valence-corrected chi connectivity index (χ4v) is 2.99. The monoisotopic (exact) mass is 351 g/mol. The molecule has 0 saturated carbocycles. The van der Waals surface area contributed by atoms with Gasteiger partial charge in [0.15, 0.2) is 12.2 Å². The first-order valence-electron chi connectivity index (χ1n) is 8.89. The second-order valence-corrected chi connectivity index (χ2v) is 6.35. The Morgan fingerprint density at radius 1 is 0.704 bits per heavy atom. The molecule has 130 valence electrons. The van der Waals surface area contributed by atoms with Crippen LogP contribution in [0.25, 0.3) is 22.4 Å². The molecule has 0 atom stereocenters. The standard InChI is InChI=1S/C24H19N2O/c27-24(22-13-11-20(12-14-22)19-7-3-1-4-8-19)17-26-16-15-23(25-18-26)21-9-5-2-6-10-21/h1-16,18H,17H2/q+1. The van der Waals surface area contributed by atoms with Gasteiger partial charge >= 0.3 is 0 Å². The molecular weight excluding hydrogens is 332 g/mol. The van der Waals surface area contributed by atoms with Crippen LogP contribution in [0.1, 0.15) is 10.4 Å². The molecule has 0 aliphatic carbocycles. The van der Waals surface area contributed by atoms with Gasteiger partial charge in [-0.15, -0.1) is 0 Å². The van der Waals surface area contributed by atoms with Crippen molar-refractivity contribution in [3.05, 3.63) is 109 Å². The van der Waals surface area contributed by atoms with Crippen molar-refractivity contribution in [1.82, 2.24) is 4.98 Å². The Labute approximate surface area is 158 Å². The smallest absolute Gasteiger partial charge is 0.287 e. The quantitative estimate of drug-likeness (QED) is 0.389. The molecule has 4 rings (SSSR count). The predicted molar refractivity (Wildman–Crippen MR) is 106 cm³/mol. The van der Waals surface area contributed by atoms with Crippen molar-refractivity contribution in [2.24, 2.45) is 0 Å². The van der Waals surface area contributed by atoms with Crippen LogP contribution in [-0.2, 0) is 6.54 Å². The molecule has 3 nitrogen and oxygen atoms in total. The lowest BCUT2D eigenvalue weighted by atomic mass is 10.0. The zero-order chi connectivity index (χ0) is 18.5. The van der Waals surface area contributed by atoms with Crippen LogP contribution in [0.5, 0.6) is 0 Å². The van der Waals surface area contributed by atoms with E-state index in [1.165, 1.54) is 0 Å². The zero-order valence-electron chi connectivity index (χ0n) is 14.8. The molecule has 0 bridgehead atoms. The molecule has 0 N–H and O–H groups in total. The fraction of sp³-hybridized carbons (Fsp3) is 0.0417. The third-order valence-electron chi connectivity index (χ3n) is 4.48. The Hall–Kier alpha value is -3.59. The molecule has 0 aliphatic heterocycles. The van der Waals surface area contributed by atoms with Gasteiger partial charge in [0.05, 0.1) is 6.20 Å². The summed E-state index contributed by atoms with van der Waals surface area (Å²) in [5.41, 5.74) is 4.91. The van der Waals surface area contributed by atoms with Gasteiger partial charge in [-0.3, -0.25) is 4.79 Å². The zero-order valence-corrected chi connectivity index (χ0v) is 14.8. The summed E-state index contributed by atoms with van der Waals surface area (Å²) in [7, 11) is 0. The number of rotatable bonds is 5. The van der Waals surface area contributed by atoms with E-state index in [1.54, 1.807) is 10.9 Å². The molecule has 27 heavy (non-hydrogen) atoms. The summed E-state index contributed by atoms with van der Waals surface area (Å²) in [5, 5.41) is 0. The number of carbonyl (C=O) groups excluding carboxylic acids is 1. The van der Waals surface area contributed by atoms with Gasteiger partial charge in [-0.1, -0.05) is 84.9 Å². The average Bonchev–Trinajstić information content (AvgIpc) is 2.76. The van der Waals surface area contributed by atoms with Crippen molar-refractivity contribution in [2.75, 3.05) is 0 Å². The lowest BCUT2D eigenvalue weighted by Gasteiger charge is -2.04. The number of hydrogen-bond donors (Lipinski definition) is 0. The Morgan fingerprint density at radius 3 is 1.89 bits per heavy atom. The van der Waals surface area contributed by atoms with Gasteiger partial charge in [0.1, 0.15) is 0 Å². The minimum absolute atomic E-state index is 0.0638. The van der Waals surface area contributed by atoms with E-state index in [0.29, 0.717) is 5.56 Å². The highest BCUT2D eigenvalue weighted by atomic mass is 16.1. The Bertz CT molecular complexity index is 1030. The van der Waals surface area contributed by atoms with E-state index in [1.807, 2.05) is 85.1 Å². The van der Waals surface area contributed by atoms with Crippen molar-refractivity contribution in [3.8, 4) is 22.4 Å². The highest BCUT2D eigenvalue weighted by molar-refractivity contribution is 5.95. The number of aromatic nitrogens is 2. The molecule has 1 heterocycles. The van der Waals surface area contributed by atoms with Gasteiger partial charge in [-0.2, -0.15) is 0 Å². The normalized spacial score (nSPS) is 10.5. The first-order chi connectivity index (χ1) is 13.3. The summed E-state index contributed by atoms with van der Waals surface area (Å²) in [4.78, 5) is 17.0. The topological polar surface area (TPSA) is 33.8 Å². The largest absolute Gasteiger partial charge is 0.290 e. The summed E-state index contributed by atoms with van der Waals surface area (Å²) in [5.74, 6) is 0.0638. The van der Waals surface area contributed by atoms with Crippen LogP contribution in [0.2, 0.25) is 0 Å². The summed E-state index contributed by atoms with van der Waals surface area (Å²) in [6.07, 6.45) is 3.60. The first kappa shape index (κ1) is 16.9. The van der Waals surface area contributed by atoms with Crippen molar-refractivity contribution >= 4 is 5.78 Å². The first-order valence-corrected chi connectivity index (χ1v) is 8.89. The van der Waals surface area contributed by atoms with Gasteiger partial charge in [0, 0.05) is 17.2 Å². The maximum absolute atomic E-state index is 12.6. The predicted octanol–water partition coefficient (Wildman–Crippen LogP) is 4.59. The molecule has 0 radical (unpaired) electrons. The highest BCUT2D eigenvalue weighted by Gasteiger charge is 2.12. The number of benzene rings is 3. The second-order valence-electron chi connectivity index (χ2n) is 6.35. The van der Waals surface area contributed by atoms with Gasteiger partial charge in [0.2, 0.25) is 5.78 Å². The average molecular weight is 351 g/mol. The summed E-state index contributed by atoms with van der Waals surface area (Å²) in [6.45, 7) is 0.271. The number of Topliss-reactive ketones (excluding diaryl/α,β-unsaturated/α-hetero) is 1.